The summed E-state index contributed by atoms with van der Waals surface area (Å²) >= 11 is 0. The van der Waals surface area contributed by atoms with Crippen LogP contribution >= 0.6 is 0 Å². The fraction of sp³-hybridized carbons (Fsp3) is 0.600. The Bertz CT molecular complexity index is 537. The van der Waals surface area contributed by atoms with Crippen molar-refractivity contribution in [2.24, 2.45) is 0 Å². The van der Waals surface area contributed by atoms with Crippen LogP contribution in [0.25, 0.3) is 0 Å². The van der Waals surface area contributed by atoms with E-state index in [4.69, 9.17) is 0 Å². The molecule has 1 fully saturated rings. The summed E-state index contributed by atoms with van der Waals surface area (Å²) in [6.07, 6.45) is 2.47. The maximum atomic E-state index is 13.0. The fourth-order valence-electron chi connectivity index (χ4n) is 2.78. The third-order valence-electron chi connectivity index (χ3n) is 3.83. The summed E-state index contributed by atoms with van der Waals surface area (Å²) < 4.78 is 27.7. The summed E-state index contributed by atoms with van der Waals surface area (Å²) in [5, 5.41) is 3.26. The van der Waals surface area contributed by atoms with Gasteiger partial charge in [0.15, 0.2) is 0 Å². The molecule has 4 nitrogen and oxygen atoms in total. The van der Waals surface area contributed by atoms with Crippen molar-refractivity contribution in [1.29, 1.82) is 0 Å². The number of rotatable bonds is 6. The lowest BCUT2D eigenvalue weighted by molar-refractivity contribution is 0.335. The number of benzene rings is 1. The minimum absolute atomic E-state index is 0.0878. The van der Waals surface area contributed by atoms with E-state index in [0.717, 1.165) is 37.9 Å². The van der Waals surface area contributed by atoms with Gasteiger partial charge in [0.1, 0.15) is 0 Å². The van der Waals surface area contributed by atoms with Crippen LogP contribution in [0.4, 0.5) is 0 Å². The molecule has 2 rings (SSSR count). The Labute approximate surface area is 122 Å². The largest absolute Gasteiger partial charge is 0.315 e. The smallest absolute Gasteiger partial charge is 0.243 e. The highest BCUT2D eigenvalue weighted by Crippen LogP contribution is 2.24. The van der Waals surface area contributed by atoms with Gasteiger partial charge in [0.25, 0.3) is 0 Å². The minimum atomic E-state index is -3.40. The van der Waals surface area contributed by atoms with E-state index in [1.807, 2.05) is 32.0 Å². The molecule has 0 bridgehead atoms. The highest BCUT2D eigenvalue weighted by molar-refractivity contribution is 7.89. The molecule has 1 aromatic rings. The van der Waals surface area contributed by atoms with E-state index in [0.29, 0.717) is 11.4 Å². The molecule has 0 radical (unpaired) electrons. The maximum Gasteiger partial charge on any atom is 0.243 e. The number of nitrogens with one attached hydrogen (secondary N) is 1. The van der Waals surface area contributed by atoms with E-state index >= 15 is 0 Å². The van der Waals surface area contributed by atoms with Gasteiger partial charge >= 0.3 is 0 Å². The molecule has 1 aromatic carbocycles. The molecular formula is C15H24N2O2S. The molecule has 1 heterocycles. The molecule has 0 saturated carbocycles. The Morgan fingerprint density at radius 2 is 2.05 bits per heavy atom. The number of nitrogens with zero attached hydrogens (tertiary/aromatic N) is 1. The Balaban J connectivity index is 2.39. The second-order valence-corrected chi connectivity index (χ2v) is 7.08. The molecular weight excluding hydrogens is 272 g/mol. The third kappa shape index (κ3) is 3.05. The van der Waals surface area contributed by atoms with Crippen LogP contribution in [0.2, 0.25) is 0 Å². The molecule has 1 N–H and O–H groups in total. The van der Waals surface area contributed by atoms with Crippen molar-refractivity contribution in [3.8, 4) is 0 Å². The van der Waals surface area contributed by atoms with Crippen molar-refractivity contribution in [3.63, 3.8) is 0 Å². The molecule has 0 spiro atoms. The standard InChI is InChI=1S/C15H24N2O2S/c1-3-11-17(14-9-10-16-12-14)20(18,19)15-8-6-5-7-13(15)4-2/h5-8,14,16H,3-4,9-12H2,1-2H3. The van der Waals surface area contributed by atoms with Gasteiger partial charge in [-0.25, -0.2) is 8.42 Å². The number of hydrogen-bond acceptors (Lipinski definition) is 3. The van der Waals surface area contributed by atoms with Gasteiger partial charge in [0.2, 0.25) is 10.0 Å². The SMILES string of the molecule is CCCN(C1CCNC1)S(=O)(=O)c1ccccc1CC. The zero-order valence-corrected chi connectivity index (χ0v) is 13.1. The van der Waals surface area contributed by atoms with Crippen molar-refractivity contribution in [2.75, 3.05) is 19.6 Å². The average molecular weight is 296 g/mol. The van der Waals surface area contributed by atoms with E-state index in [9.17, 15) is 8.42 Å². The summed E-state index contributed by atoms with van der Waals surface area (Å²) in [5.41, 5.74) is 0.902. The Morgan fingerprint density at radius 3 is 2.65 bits per heavy atom. The first-order valence-electron chi connectivity index (χ1n) is 7.41. The van der Waals surface area contributed by atoms with Crippen LogP contribution in [-0.4, -0.2) is 38.4 Å². The molecule has 1 atom stereocenters. The van der Waals surface area contributed by atoms with Gasteiger partial charge in [-0.1, -0.05) is 32.0 Å². The maximum absolute atomic E-state index is 13.0. The summed E-state index contributed by atoms with van der Waals surface area (Å²) in [6.45, 7) is 6.27. The lowest BCUT2D eigenvalue weighted by Gasteiger charge is -2.28. The minimum Gasteiger partial charge on any atom is -0.315 e. The van der Waals surface area contributed by atoms with Crippen LogP contribution in [0.3, 0.4) is 0 Å². The fourth-order valence-corrected chi connectivity index (χ4v) is 4.82. The van der Waals surface area contributed by atoms with Crippen molar-refractivity contribution < 1.29 is 8.42 Å². The molecule has 0 aromatic heterocycles. The molecule has 5 heteroatoms. The Kier molecular flexibility index (Phi) is 5.18. The predicted octanol–water partition coefficient (Wildman–Crippen LogP) is 2.01. The molecule has 20 heavy (non-hydrogen) atoms. The lowest BCUT2D eigenvalue weighted by atomic mass is 10.2. The van der Waals surface area contributed by atoms with Gasteiger partial charge in [-0.05, 0) is 37.4 Å². The molecule has 1 aliphatic rings. The molecule has 0 amide bonds. The number of hydrogen-bond donors (Lipinski definition) is 1. The molecule has 112 valence electrons. The van der Waals surface area contributed by atoms with Gasteiger partial charge in [-0.3, -0.25) is 0 Å². The summed E-state index contributed by atoms with van der Waals surface area (Å²) in [6, 6.07) is 7.44. The van der Waals surface area contributed by atoms with Gasteiger partial charge in [-0.15, -0.1) is 0 Å². The quantitative estimate of drug-likeness (QED) is 0.873. The van der Waals surface area contributed by atoms with Crippen LogP contribution in [0.15, 0.2) is 29.2 Å². The van der Waals surface area contributed by atoms with Crippen LogP contribution in [0, 0.1) is 0 Å². The van der Waals surface area contributed by atoms with Gasteiger partial charge in [0, 0.05) is 19.1 Å². The molecule has 1 unspecified atom stereocenters. The second kappa shape index (κ2) is 6.70. The van der Waals surface area contributed by atoms with Crippen LogP contribution in [0.1, 0.15) is 32.3 Å². The van der Waals surface area contributed by atoms with E-state index in [1.54, 1.807) is 10.4 Å². The third-order valence-corrected chi connectivity index (χ3v) is 5.88. The van der Waals surface area contributed by atoms with E-state index in [2.05, 4.69) is 5.32 Å². The summed E-state index contributed by atoms with van der Waals surface area (Å²) in [7, 11) is -3.40. The van der Waals surface area contributed by atoms with Crippen molar-refractivity contribution >= 4 is 10.0 Å². The number of sulfonamides is 1. The van der Waals surface area contributed by atoms with Crippen molar-refractivity contribution in [1.82, 2.24) is 9.62 Å². The van der Waals surface area contributed by atoms with Crippen molar-refractivity contribution in [3.05, 3.63) is 29.8 Å². The highest BCUT2D eigenvalue weighted by atomic mass is 32.2. The first kappa shape index (κ1) is 15.5. The summed E-state index contributed by atoms with van der Waals surface area (Å²) in [4.78, 5) is 0.475. The summed E-state index contributed by atoms with van der Waals surface area (Å²) in [5.74, 6) is 0. The molecule has 1 aliphatic heterocycles. The monoisotopic (exact) mass is 296 g/mol. The predicted molar refractivity (Wildman–Crippen MR) is 81.3 cm³/mol. The number of aryl methyl sites for hydroxylation is 1. The molecule has 0 aliphatic carbocycles. The highest BCUT2D eigenvalue weighted by Gasteiger charge is 2.33. The van der Waals surface area contributed by atoms with E-state index < -0.39 is 10.0 Å². The van der Waals surface area contributed by atoms with Crippen molar-refractivity contribution in [2.45, 2.75) is 44.0 Å². The zero-order valence-electron chi connectivity index (χ0n) is 12.3. The van der Waals surface area contributed by atoms with Crippen LogP contribution in [-0.2, 0) is 16.4 Å². The van der Waals surface area contributed by atoms with Gasteiger partial charge in [-0.2, -0.15) is 4.31 Å². The Hall–Kier alpha value is -0.910. The average Bonchev–Trinajstić information content (AvgIpc) is 2.98. The van der Waals surface area contributed by atoms with E-state index in [1.165, 1.54) is 0 Å². The van der Waals surface area contributed by atoms with Crippen LogP contribution < -0.4 is 5.32 Å². The zero-order chi connectivity index (χ0) is 14.6. The second-order valence-electron chi connectivity index (χ2n) is 5.22. The first-order chi connectivity index (χ1) is 9.61. The van der Waals surface area contributed by atoms with Gasteiger partial charge in [0.05, 0.1) is 4.90 Å². The normalized spacial score (nSPS) is 19.6. The van der Waals surface area contributed by atoms with E-state index in [-0.39, 0.29) is 6.04 Å². The first-order valence-corrected chi connectivity index (χ1v) is 8.85. The van der Waals surface area contributed by atoms with Crippen LogP contribution in [0.5, 0.6) is 0 Å². The van der Waals surface area contributed by atoms with Gasteiger partial charge < -0.3 is 5.32 Å². The molecule has 1 saturated heterocycles. The topological polar surface area (TPSA) is 49.4 Å². The Morgan fingerprint density at radius 1 is 1.30 bits per heavy atom. The lowest BCUT2D eigenvalue weighted by Crippen LogP contribution is -2.42.